The van der Waals surface area contributed by atoms with Crippen LogP contribution in [-0.4, -0.2) is 51.0 Å². The van der Waals surface area contributed by atoms with Crippen LogP contribution in [-0.2, 0) is 9.53 Å². The summed E-state index contributed by atoms with van der Waals surface area (Å²) < 4.78 is 6.34. The Kier molecular flexibility index (Phi) is 3.79. The zero-order valence-electron chi connectivity index (χ0n) is 9.72. The molecule has 1 amide bonds. The topological polar surface area (TPSA) is 134 Å². The minimum absolute atomic E-state index is 0.362. The van der Waals surface area contributed by atoms with Gasteiger partial charge < -0.3 is 20.3 Å². The average Bonchev–Trinajstić information content (AvgIpc) is 2.68. The number of rotatable bonds is 4. The van der Waals surface area contributed by atoms with Gasteiger partial charge in [-0.05, 0) is 0 Å². The van der Waals surface area contributed by atoms with E-state index in [1.54, 1.807) is 0 Å². The van der Waals surface area contributed by atoms with Crippen molar-refractivity contribution in [2.75, 3.05) is 6.61 Å². The van der Waals surface area contributed by atoms with Gasteiger partial charge in [-0.2, -0.15) is 0 Å². The lowest BCUT2D eigenvalue weighted by atomic mass is 10.1. The Morgan fingerprint density at radius 1 is 1.53 bits per heavy atom. The first-order valence-corrected chi connectivity index (χ1v) is 5.54. The summed E-state index contributed by atoms with van der Waals surface area (Å²) in [7, 11) is 0. The maximum atomic E-state index is 11.6. The number of H-pyrrole nitrogens is 1. The lowest BCUT2D eigenvalue weighted by Gasteiger charge is -2.20. The maximum absolute atomic E-state index is 11.6. The van der Waals surface area contributed by atoms with Crippen LogP contribution in [0.4, 0.5) is 0 Å². The molecule has 19 heavy (non-hydrogen) atoms. The van der Waals surface area contributed by atoms with Gasteiger partial charge in [0, 0.05) is 12.3 Å². The first kappa shape index (κ1) is 13.5. The number of aliphatic hydroxyl groups is 2. The SMILES string of the molecule is O=CN[C@H]1[C@H](O)[C@@H](CO)O[C@H]1n1ccc(=O)[nH]c1=O. The first-order valence-electron chi connectivity index (χ1n) is 5.54. The molecule has 4 N–H and O–H groups in total. The molecule has 0 radical (unpaired) electrons. The van der Waals surface area contributed by atoms with Crippen molar-refractivity contribution in [3.63, 3.8) is 0 Å². The number of carbonyl (C=O) groups is 1. The van der Waals surface area contributed by atoms with Crippen LogP contribution in [0.25, 0.3) is 0 Å². The van der Waals surface area contributed by atoms with E-state index in [1.165, 1.54) is 6.20 Å². The highest BCUT2D eigenvalue weighted by molar-refractivity contribution is 5.47. The number of aromatic nitrogens is 2. The molecule has 0 aromatic carbocycles. The highest BCUT2D eigenvalue weighted by atomic mass is 16.5. The number of carbonyl (C=O) groups excluding carboxylic acids is 1. The molecule has 0 spiro atoms. The number of aliphatic hydroxyl groups excluding tert-OH is 2. The number of amides is 1. The molecule has 1 saturated heterocycles. The predicted octanol–water partition coefficient (Wildman–Crippen LogP) is -3.10. The molecule has 0 unspecified atom stereocenters. The number of aromatic amines is 1. The van der Waals surface area contributed by atoms with Gasteiger partial charge in [0.1, 0.15) is 18.2 Å². The van der Waals surface area contributed by atoms with Crippen molar-refractivity contribution in [3.05, 3.63) is 33.1 Å². The van der Waals surface area contributed by atoms with Crippen LogP contribution in [0.1, 0.15) is 6.23 Å². The number of nitrogens with one attached hydrogen (secondary N) is 2. The third kappa shape index (κ3) is 2.43. The molecule has 1 fully saturated rings. The number of hydrogen-bond donors (Lipinski definition) is 4. The molecular weight excluding hydrogens is 258 g/mol. The summed E-state index contributed by atoms with van der Waals surface area (Å²) in [4.78, 5) is 35.2. The fourth-order valence-corrected chi connectivity index (χ4v) is 2.02. The predicted molar refractivity (Wildman–Crippen MR) is 61.3 cm³/mol. The number of hydrogen-bond acceptors (Lipinski definition) is 6. The van der Waals surface area contributed by atoms with E-state index in [0.29, 0.717) is 6.41 Å². The van der Waals surface area contributed by atoms with E-state index in [-0.39, 0.29) is 0 Å². The van der Waals surface area contributed by atoms with Gasteiger partial charge in [-0.1, -0.05) is 0 Å². The Hall–Kier alpha value is -1.97. The Morgan fingerprint density at radius 2 is 2.26 bits per heavy atom. The minimum Gasteiger partial charge on any atom is -0.394 e. The molecule has 1 aliphatic heterocycles. The maximum Gasteiger partial charge on any atom is 0.330 e. The highest BCUT2D eigenvalue weighted by Crippen LogP contribution is 2.27. The Bertz CT molecular complexity index is 567. The van der Waals surface area contributed by atoms with Crippen LogP contribution in [0, 0.1) is 0 Å². The molecule has 0 bridgehead atoms. The van der Waals surface area contributed by atoms with Crippen molar-refractivity contribution in [1.29, 1.82) is 0 Å². The van der Waals surface area contributed by atoms with Gasteiger partial charge >= 0.3 is 5.69 Å². The summed E-state index contributed by atoms with van der Waals surface area (Å²) in [5.74, 6) is 0. The summed E-state index contributed by atoms with van der Waals surface area (Å²) >= 11 is 0. The molecule has 9 nitrogen and oxygen atoms in total. The zero-order valence-corrected chi connectivity index (χ0v) is 9.72. The van der Waals surface area contributed by atoms with Crippen LogP contribution in [0.2, 0.25) is 0 Å². The fourth-order valence-electron chi connectivity index (χ4n) is 2.02. The summed E-state index contributed by atoms with van der Waals surface area (Å²) in [6, 6.07) is 0.208. The molecule has 4 atom stereocenters. The van der Waals surface area contributed by atoms with Crippen LogP contribution >= 0.6 is 0 Å². The summed E-state index contributed by atoms with van der Waals surface area (Å²) in [6.07, 6.45) is -1.56. The van der Waals surface area contributed by atoms with Gasteiger partial charge in [-0.15, -0.1) is 0 Å². The molecule has 9 heteroatoms. The van der Waals surface area contributed by atoms with Gasteiger partial charge in [-0.3, -0.25) is 19.1 Å². The number of nitrogens with zero attached hydrogens (tertiary/aromatic N) is 1. The van der Waals surface area contributed by atoms with Crippen LogP contribution < -0.4 is 16.6 Å². The van der Waals surface area contributed by atoms with E-state index in [1.807, 2.05) is 4.98 Å². The second-order valence-corrected chi connectivity index (χ2v) is 4.07. The van der Waals surface area contributed by atoms with Crippen molar-refractivity contribution in [2.45, 2.75) is 24.5 Å². The van der Waals surface area contributed by atoms with Crippen LogP contribution in [0.3, 0.4) is 0 Å². The molecular formula is C10H13N3O6. The Labute approximate surface area is 106 Å². The second kappa shape index (κ2) is 5.34. The van der Waals surface area contributed by atoms with E-state index >= 15 is 0 Å². The van der Waals surface area contributed by atoms with Gasteiger partial charge in [0.15, 0.2) is 6.23 Å². The zero-order chi connectivity index (χ0) is 14.0. The van der Waals surface area contributed by atoms with Gasteiger partial charge in [0.25, 0.3) is 5.56 Å². The lowest BCUT2D eigenvalue weighted by molar-refractivity contribution is -0.111. The molecule has 0 saturated carbocycles. The molecule has 1 aliphatic rings. The van der Waals surface area contributed by atoms with Crippen molar-refractivity contribution in [2.24, 2.45) is 0 Å². The summed E-state index contributed by atoms with van der Waals surface area (Å²) in [5, 5.41) is 21.2. The molecule has 2 heterocycles. The normalized spacial score (nSPS) is 30.2. The van der Waals surface area contributed by atoms with E-state index in [0.717, 1.165) is 10.6 Å². The number of ether oxygens (including phenoxy) is 1. The van der Waals surface area contributed by atoms with E-state index in [2.05, 4.69) is 5.32 Å². The summed E-state index contributed by atoms with van der Waals surface area (Å²) in [6.45, 7) is -0.465. The molecule has 104 valence electrons. The standard InChI is InChI=1S/C10H13N3O6/c14-3-5-8(17)7(11-4-15)9(19-5)13-2-1-6(16)12-10(13)18/h1-2,4-5,7-9,14,17H,3H2,(H,11,15)(H,12,16,18)/t5-,7+,8-,9-/m1/s1. The largest absolute Gasteiger partial charge is 0.394 e. The third-order valence-electron chi connectivity index (χ3n) is 2.94. The Balaban J connectivity index is 2.38. The molecule has 2 rings (SSSR count). The van der Waals surface area contributed by atoms with Crippen molar-refractivity contribution < 1.29 is 19.7 Å². The fraction of sp³-hybridized carbons (Fsp3) is 0.500. The van der Waals surface area contributed by atoms with Crippen molar-refractivity contribution in [1.82, 2.24) is 14.9 Å². The minimum atomic E-state index is -1.17. The molecule has 1 aromatic heterocycles. The second-order valence-electron chi connectivity index (χ2n) is 4.07. The van der Waals surface area contributed by atoms with E-state index in [9.17, 15) is 19.5 Å². The lowest BCUT2D eigenvalue weighted by Crippen LogP contribution is -2.45. The van der Waals surface area contributed by atoms with Crippen LogP contribution in [0.5, 0.6) is 0 Å². The quantitative estimate of drug-likeness (QED) is 0.429. The van der Waals surface area contributed by atoms with Gasteiger partial charge in [-0.25, -0.2) is 4.79 Å². The summed E-state index contributed by atoms with van der Waals surface area (Å²) in [5.41, 5.74) is -1.31. The first-order chi connectivity index (χ1) is 9.08. The van der Waals surface area contributed by atoms with Gasteiger partial charge in [0.2, 0.25) is 6.41 Å². The smallest absolute Gasteiger partial charge is 0.330 e. The molecule has 1 aromatic rings. The average molecular weight is 271 g/mol. The van der Waals surface area contributed by atoms with Crippen molar-refractivity contribution >= 4 is 6.41 Å². The molecule has 0 aliphatic carbocycles. The van der Waals surface area contributed by atoms with Crippen molar-refractivity contribution in [3.8, 4) is 0 Å². The third-order valence-corrected chi connectivity index (χ3v) is 2.94. The Morgan fingerprint density at radius 3 is 2.84 bits per heavy atom. The van der Waals surface area contributed by atoms with E-state index in [4.69, 9.17) is 9.84 Å². The van der Waals surface area contributed by atoms with Crippen LogP contribution in [0.15, 0.2) is 21.9 Å². The van der Waals surface area contributed by atoms with E-state index < -0.39 is 42.3 Å². The monoisotopic (exact) mass is 271 g/mol. The highest BCUT2D eigenvalue weighted by Gasteiger charge is 2.44. The van der Waals surface area contributed by atoms with Gasteiger partial charge in [0.05, 0.1) is 6.61 Å².